The smallest absolute Gasteiger partial charge is 1.00 e. The molecular weight excluding hydrogens is 272 g/mol. The molecule has 0 atom stereocenters. The van der Waals surface area contributed by atoms with Crippen molar-refractivity contribution in [2.45, 2.75) is 0 Å². The van der Waals surface area contributed by atoms with Gasteiger partial charge in [0.05, 0.1) is 0 Å². The summed E-state index contributed by atoms with van der Waals surface area (Å²) in [6, 6.07) is 0. The van der Waals surface area contributed by atoms with Gasteiger partial charge in [0.1, 0.15) is 0 Å². The Hall–Kier alpha value is 4.29. The first-order valence-electron chi connectivity index (χ1n) is 1.43. The molecule has 5 N–H and O–H groups in total. The standard InChI is InChI=1S/CH2O3.3K.H3O4P.3H/c2-1(3)4;;;;1-5(2,3)4;;;/h(H2,2,3,4);;;;(H3,1,2,3,4);;;/q;3*+1;;3*-1. The second kappa shape index (κ2) is 17.7. The Bertz CT molecular complexity index is 129. The first kappa shape index (κ1) is 29.9. The van der Waals surface area contributed by atoms with Gasteiger partial charge in [-0.25, -0.2) is 9.36 Å². The Kier molecular flexibility index (Phi) is 44.0. The molecule has 0 aromatic rings. The van der Waals surface area contributed by atoms with E-state index in [-0.39, 0.29) is 158 Å². The van der Waals surface area contributed by atoms with Crippen LogP contribution in [0.2, 0.25) is 0 Å². The van der Waals surface area contributed by atoms with E-state index < -0.39 is 14.0 Å². The average Bonchev–Trinajstić information content (AvgIpc) is 1.19. The van der Waals surface area contributed by atoms with E-state index in [4.69, 9.17) is 34.3 Å². The van der Waals surface area contributed by atoms with Crippen molar-refractivity contribution in [1.82, 2.24) is 0 Å². The van der Waals surface area contributed by atoms with Gasteiger partial charge in [0.2, 0.25) is 0 Å². The molecule has 11 heteroatoms. The first-order chi connectivity index (χ1) is 3.73. The summed E-state index contributed by atoms with van der Waals surface area (Å²) < 4.78 is 8.88. The van der Waals surface area contributed by atoms with Crippen LogP contribution < -0.4 is 154 Å². The molecule has 0 rings (SSSR count). The molecule has 0 aromatic heterocycles. The molecule has 0 bridgehead atoms. The monoisotopic (exact) mass is 280 g/mol. The van der Waals surface area contributed by atoms with Gasteiger partial charge in [0.25, 0.3) is 0 Å². The third kappa shape index (κ3) is 137. The summed E-state index contributed by atoms with van der Waals surface area (Å²) in [5.74, 6) is 0. The average molecular weight is 280 g/mol. The topological polar surface area (TPSA) is 135 Å². The van der Waals surface area contributed by atoms with E-state index in [0.29, 0.717) is 0 Å². The molecule has 0 unspecified atom stereocenters. The largest absolute Gasteiger partial charge is 1.00 e. The second-order valence-electron chi connectivity index (χ2n) is 0.796. The Labute approximate surface area is 201 Å². The SMILES string of the molecule is O=C(O)O.O=P(O)(O)O.[H-].[H-].[H-].[K+].[K+].[K+]. The number of phosphoric acid groups is 1. The molecule has 0 heterocycles. The van der Waals surface area contributed by atoms with Crippen LogP contribution in [-0.2, 0) is 4.57 Å². The molecule has 0 aromatic carbocycles. The summed E-state index contributed by atoms with van der Waals surface area (Å²) >= 11 is 0. The second-order valence-corrected chi connectivity index (χ2v) is 1.82. The van der Waals surface area contributed by atoms with E-state index in [1.807, 2.05) is 0 Å². The van der Waals surface area contributed by atoms with Crippen molar-refractivity contribution in [3.8, 4) is 0 Å². The molecule has 0 spiro atoms. The molecule has 12 heavy (non-hydrogen) atoms. The van der Waals surface area contributed by atoms with Gasteiger partial charge in [-0.15, -0.1) is 0 Å². The van der Waals surface area contributed by atoms with Crippen LogP contribution in [0.15, 0.2) is 0 Å². The Morgan fingerprint density at radius 3 is 1.00 bits per heavy atom. The molecule has 0 saturated heterocycles. The van der Waals surface area contributed by atoms with E-state index in [0.717, 1.165) is 0 Å². The van der Waals surface area contributed by atoms with Crippen LogP contribution in [0, 0.1) is 0 Å². The van der Waals surface area contributed by atoms with Gasteiger partial charge in [0, 0.05) is 0 Å². The minimum absolute atomic E-state index is 0. The molecule has 0 amide bonds. The zero-order valence-electron chi connectivity index (χ0n) is 10.00. The van der Waals surface area contributed by atoms with E-state index >= 15 is 0 Å². The zero-order chi connectivity index (χ0) is 8.08. The van der Waals surface area contributed by atoms with E-state index in [1.54, 1.807) is 0 Å². The summed E-state index contributed by atoms with van der Waals surface area (Å²) in [4.78, 5) is 30.1. The molecule has 0 radical (unpaired) electrons. The third-order valence-electron chi connectivity index (χ3n) is 0. The van der Waals surface area contributed by atoms with Crippen LogP contribution in [0.3, 0.4) is 0 Å². The number of rotatable bonds is 0. The van der Waals surface area contributed by atoms with Crippen LogP contribution >= 0.6 is 7.82 Å². The van der Waals surface area contributed by atoms with Crippen molar-refractivity contribution in [3.05, 3.63) is 0 Å². The minimum atomic E-state index is -4.64. The predicted octanol–water partition coefficient (Wildman–Crippen LogP) is -9.36. The van der Waals surface area contributed by atoms with Crippen molar-refractivity contribution in [1.29, 1.82) is 0 Å². The van der Waals surface area contributed by atoms with Gasteiger partial charge < -0.3 is 29.2 Å². The van der Waals surface area contributed by atoms with Gasteiger partial charge in [-0.05, 0) is 0 Å². The molecule has 0 aliphatic rings. The van der Waals surface area contributed by atoms with Crippen LogP contribution in [-0.4, -0.2) is 31.0 Å². The van der Waals surface area contributed by atoms with E-state index in [2.05, 4.69) is 0 Å². The molecule has 62 valence electrons. The summed E-state index contributed by atoms with van der Waals surface area (Å²) in [6.07, 6.45) is -1.83. The number of carbonyl (C=O) groups is 1. The predicted molar refractivity (Wildman–Crippen MR) is 28.3 cm³/mol. The summed E-state index contributed by atoms with van der Waals surface area (Å²) in [6.45, 7) is 0. The normalized spacial score (nSPS) is 6.92. The van der Waals surface area contributed by atoms with Crippen LogP contribution in [0.25, 0.3) is 0 Å². The van der Waals surface area contributed by atoms with E-state index in [9.17, 15) is 0 Å². The maximum absolute atomic E-state index is 8.88. The maximum Gasteiger partial charge on any atom is 1.00 e. The quantitative estimate of drug-likeness (QED) is 0.220. The van der Waals surface area contributed by atoms with Crippen LogP contribution in [0.1, 0.15) is 4.28 Å². The fraction of sp³-hybridized carbons (Fsp3) is 0. The molecule has 0 aliphatic heterocycles. The Morgan fingerprint density at radius 1 is 1.00 bits per heavy atom. The van der Waals surface area contributed by atoms with Gasteiger partial charge in [-0.1, -0.05) is 0 Å². The van der Waals surface area contributed by atoms with E-state index in [1.165, 1.54) is 0 Å². The van der Waals surface area contributed by atoms with Crippen molar-refractivity contribution in [3.63, 3.8) is 0 Å². The number of carboxylic acid groups (broad SMARTS) is 2. The van der Waals surface area contributed by atoms with Crippen LogP contribution in [0.4, 0.5) is 4.79 Å². The van der Waals surface area contributed by atoms with Crippen molar-refractivity contribution in [2.75, 3.05) is 0 Å². The number of hydrogen-bond donors (Lipinski definition) is 5. The number of hydrogen-bond acceptors (Lipinski definition) is 2. The van der Waals surface area contributed by atoms with Gasteiger partial charge in [-0.2, -0.15) is 0 Å². The molecule has 0 saturated carbocycles. The summed E-state index contributed by atoms with van der Waals surface area (Å²) in [5.41, 5.74) is 0. The van der Waals surface area contributed by atoms with Crippen molar-refractivity contribution >= 4 is 14.0 Å². The summed E-state index contributed by atoms with van der Waals surface area (Å²) in [5, 5.41) is 13.9. The maximum atomic E-state index is 8.88. The first-order valence-corrected chi connectivity index (χ1v) is 3.00. The molecular formula is CH8K3O7P. The Morgan fingerprint density at radius 2 is 1.00 bits per heavy atom. The molecule has 0 aliphatic carbocycles. The van der Waals surface area contributed by atoms with Gasteiger partial charge in [0.15, 0.2) is 0 Å². The minimum Gasteiger partial charge on any atom is -1.00 e. The van der Waals surface area contributed by atoms with Crippen LogP contribution in [0.5, 0.6) is 0 Å². The summed E-state index contributed by atoms with van der Waals surface area (Å²) in [7, 11) is -4.64. The fourth-order valence-electron chi connectivity index (χ4n) is 0. The molecule has 7 nitrogen and oxygen atoms in total. The third-order valence-corrected chi connectivity index (χ3v) is 0. The fourth-order valence-corrected chi connectivity index (χ4v) is 0. The molecule has 0 fully saturated rings. The van der Waals surface area contributed by atoms with Gasteiger partial charge >= 0.3 is 168 Å². The Balaban J connectivity index is -0.00000000785. The van der Waals surface area contributed by atoms with Crippen molar-refractivity contribution < 1.29 is 193 Å². The zero-order valence-corrected chi connectivity index (χ0v) is 17.3. The van der Waals surface area contributed by atoms with Crippen molar-refractivity contribution in [2.24, 2.45) is 0 Å². The van der Waals surface area contributed by atoms with Gasteiger partial charge in [-0.3, -0.25) is 0 Å².